The molecule has 0 spiro atoms. The first-order valence-electron chi connectivity index (χ1n) is 4.83. The third-order valence-corrected chi connectivity index (χ3v) is 2.60. The van der Waals surface area contributed by atoms with Crippen LogP contribution in [0.2, 0.25) is 0 Å². The van der Waals surface area contributed by atoms with Crippen LogP contribution >= 0.6 is 0 Å². The highest BCUT2D eigenvalue weighted by Crippen LogP contribution is 2.20. The maximum absolute atomic E-state index is 11.6. The van der Waals surface area contributed by atoms with Gasteiger partial charge in [-0.05, 0) is 23.8 Å². The molecule has 1 heterocycles. The van der Waals surface area contributed by atoms with Gasteiger partial charge in [0.1, 0.15) is 5.75 Å². The summed E-state index contributed by atoms with van der Waals surface area (Å²) in [7, 11) is 1.62. The summed E-state index contributed by atoms with van der Waals surface area (Å²) >= 11 is 0. The van der Waals surface area contributed by atoms with Gasteiger partial charge in [-0.2, -0.15) is 0 Å². The Hall–Kier alpha value is -1.55. The number of hydrogen-bond acceptors (Lipinski definition) is 3. The van der Waals surface area contributed by atoms with Crippen LogP contribution in [0.5, 0.6) is 5.75 Å². The van der Waals surface area contributed by atoms with E-state index in [4.69, 9.17) is 4.74 Å². The number of ether oxygens (including phenoxy) is 1. The topological polar surface area (TPSA) is 58.6 Å². The third kappa shape index (κ3) is 1.94. The van der Waals surface area contributed by atoms with E-state index in [9.17, 15) is 9.90 Å². The minimum absolute atomic E-state index is 0.0306. The number of hydrogen-bond donors (Lipinski definition) is 2. The molecule has 1 aliphatic heterocycles. The molecule has 80 valence electrons. The molecule has 15 heavy (non-hydrogen) atoms. The van der Waals surface area contributed by atoms with Crippen LogP contribution in [0.25, 0.3) is 0 Å². The van der Waals surface area contributed by atoms with Gasteiger partial charge >= 0.3 is 0 Å². The highest BCUT2D eigenvalue weighted by Gasteiger charge is 2.21. The fraction of sp³-hybridized carbons (Fsp3) is 0.364. The molecule has 4 nitrogen and oxygen atoms in total. The van der Waals surface area contributed by atoms with Crippen molar-refractivity contribution < 1.29 is 14.6 Å². The summed E-state index contributed by atoms with van der Waals surface area (Å²) in [6.07, 6.45) is 0.607. The molecule has 1 aromatic carbocycles. The second-order valence-electron chi connectivity index (χ2n) is 3.61. The van der Waals surface area contributed by atoms with E-state index in [1.165, 1.54) is 6.07 Å². The molecule has 0 fully saturated rings. The minimum atomic E-state index is -0.107. The fourth-order valence-corrected chi connectivity index (χ4v) is 1.76. The summed E-state index contributed by atoms with van der Waals surface area (Å²) in [4.78, 5) is 11.6. The molecule has 2 N–H and O–H groups in total. The molecular weight excluding hydrogens is 194 g/mol. The van der Waals surface area contributed by atoms with Gasteiger partial charge in [0.05, 0.1) is 6.10 Å². The normalized spacial score (nSPS) is 20.3. The van der Waals surface area contributed by atoms with Gasteiger partial charge in [-0.15, -0.1) is 0 Å². The number of rotatable bonds is 1. The number of amides is 1. The van der Waals surface area contributed by atoms with E-state index < -0.39 is 0 Å². The zero-order chi connectivity index (χ0) is 10.8. The van der Waals surface area contributed by atoms with Gasteiger partial charge in [-0.1, -0.05) is 0 Å². The number of nitrogens with one attached hydrogen (secondary N) is 1. The molecule has 0 radical (unpaired) electrons. The SMILES string of the molecule is COC1CNC(=O)c2ccc(O)cc2C1. The van der Waals surface area contributed by atoms with Gasteiger partial charge in [0.2, 0.25) is 0 Å². The number of benzene rings is 1. The molecule has 1 aromatic rings. The average molecular weight is 207 g/mol. The number of aromatic hydroxyl groups is 1. The second-order valence-corrected chi connectivity index (χ2v) is 3.61. The number of phenols is 1. The van der Waals surface area contributed by atoms with Crippen molar-refractivity contribution in [2.45, 2.75) is 12.5 Å². The molecule has 4 heteroatoms. The van der Waals surface area contributed by atoms with E-state index in [0.717, 1.165) is 5.56 Å². The first-order valence-corrected chi connectivity index (χ1v) is 4.83. The van der Waals surface area contributed by atoms with Crippen molar-refractivity contribution >= 4 is 5.91 Å². The van der Waals surface area contributed by atoms with Crippen molar-refractivity contribution in [3.63, 3.8) is 0 Å². The third-order valence-electron chi connectivity index (χ3n) is 2.60. The lowest BCUT2D eigenvalue weighted by Crippen LogP contribution is -2.30. The Labute approximate surface area is 87.9 Å². The Morgan fingerprint density at radius 3 is 3.07 bits per heavy atom. The van der Waals surface area contributed by atoms with Gasteiger partial charge in [-0.3, -0.25) is 4.79 Å². The quantitative estimate of drug-likeness (QED) is 0.712. The standard InChI is InChI=1S/C11H13NO3/c1-15-9-5-7-4-8(13)2-3-10(7)11(14)12-6-9/h2-4,9,13H,5-6H2,1H3,(H,12,14). The molecule has 1 unspecified atom stereocenters. The van der Waals surface area contributed by atoms with Gasteiger partial charge in [-0.25, -0.2) is 0 Å². The second kappa shape index (κ2) is 3.90. The van der Waals surface area contributed by atoms with E-state index in [2.05, 4.69) is 5.32 Å². The Bertz CT molecular complexity index is 389. The van der Waals surface area contributed by atoms with Crippen LogP contribution in [0.15, 0.2) is 18.2 Å². The Balaban J connectivity index is 2.40. The summed E-state index contributed by atoms with van der Waals surface area (Å²) in [5.41, 5.74) is 1.45. The van der Waals surface area contributed by atoms with Crippen LogP contribution in [0.4, 0.5) is 0 Å². The smallest absolute Gasteiger partial charge is 0.251 e. The molecule has 2 rings (SSSR count). The monoisotopic (exact) mass is 207 g/mol. The number of phenolic OH excluding ortho intramolecular Hbond substituents is 1. The summed E-state index contributed by atoms with van der Waals surface area (Å²) in [5, 5.41) is 12.1. The fourth-order valence-electron chi connectivity index (χ4n) is 1.76. The summed E-state index contributed by atoms with van der Waals surface area (Å²) in [5.74, 6) is 0.0721. The van der Waals surface area contributed by atoms with Crippen molar-refractivity contribution in [1.82, 2.24) is 5.32 Å². The number of fused-ring (bicyclic) bond motifs is 1. The molecule has 0 saturated carbocycles. The van der Waals surface area contributed by atoms with Gasteiger partial charge < -0.3 is 15.2 Å². The largest absolute Gasteiger partial charge is 0.508 e. The van der Waals surface area contributed by atoms with Crippen LogP contribution < -0.4 is 5.32 Å². The lowest BCUT2D eigenvalue weighted by atomic mass is 10.0. The molecule has 1 amide bonds. The predicted molar refractivity (Wildman–Crippen MR) is 54.9 cm³/mol. The molecule has 0 aromatic heterocycles. The van der Waals surface area contributed by atoms with Gasteiger partial charge in [0.25, 0.3) is 5.91 Å². The number of methoxy groups -OCH3 is 1. The van der Waals surface area contributed by atoms with Crippen LogP contribution in [-0.4, -0.2) is 30.8 Å². The summed E-state index contributed by atoms with van der Waals surface area (Å²) in [6.45, 7) is 0.505. The Kier molecular flexibility index (Phi) is 2.60. The zero-order valence-corrected chi connectivity index (χ0v) is 8.49. The zero-order valence-electron chi connectivity index (χ0n) is 8.49. The first kappa shape index (κ1) is 9.98. The Morgan fingerprint density at radius 2 is 2.33 bits per heavy atom. The molecule has 0 bridgehead atoms. The average Bonchev–Trinajstić information content (AvgIpc) is 2.38. The van der Waals surface area contributed by atoms with Crippen LogP contribution in [0, 0.1) is 0 Å². The minimum Gasteiger partial charge on any atom is -0.508 e. The molecular formula is C11H13NO3. The first-order chi connectivity index (χ1) is 7.20. The lowest BCUT2D eigenvalue weighted by Gasteiger charge is -2.11. The van der Waals surface area contributed by atoms with Gasteiger partial charge in [0.15, 0.2) is 0 Å². The molecule has 0 aliphatic carbocycles. The van der Waals surface area contributed by atoms with E-state index >= 15 is 0 Å². The van der Waals surface area contributed by atoms with E-state index in [1.54, 1.807) is 19.2 Å². The van der Waals surface area contributed by atoms with E-state index in [-0.39, 0.29) is 17.8 Å². The van der Waals surface area contributed by atoms with Gasteiger partial charge in [0, 0.05) is 25.6 Å². The highest BCUT2D eigenvalue weighted by molar-refractivity contribution is 5.96. The molecule has 1 aliphatic rings. The van der Waals surface area contributed by atoms with Crippen molar-refractivity contribution in [1.29, 1.82) is 0 Å². The summed E-state index contributed by atoms with van der Waals surface area (Å²) < 4.78 is 5.22. The lowest BCUT2D eigenvalue weighted by molar-refractivity contribution is 0.0862. The summed E-state index contributed by atoms with van der Waals surface area (Å²) in [6, 6.07) is 4.77. The van der Waals surface area contributed by atoms with Crippen LogP contribution in [0.1, 0.15) is 15.9 Å². The van der Waals surface area contributed by atoms with Crippen LogP contribution in [-0.2, 0) is 11.2 Å². The maximum atomic E-state index is 11.6. The predicted octanol–water partition coefficient (Wildman–Crippen LogP) is 0.693. The number of carbonyl (C=O) groups excluding carboxylic acids is 1. The van der Waals surface area contributed by atoms with Crippen molar-refractivity contribution in [2.75, 3.05) is 13.7 Å². The van der Waals surface area contributed by atoms with Crippen molar-refractivity contribution in [2.24, 2.45) is 0 Å². The van der Waals surface area contributed by atoms with Crippen LogP contribution in [0.3, 0.4) is 0 Å². The highest BCUT2D eigenvalue weighted by atomic mass is 16.5. The van der Waals surface area contributed by atoms with Crippen molar-refractivity contribution in [3.05, 3.63) is 29.3 Å². The maximum Gasteiger partial charge on any atom is 0.251 e. The molecule has 1 atom stereocenters. The van der Waals surface area contributed by atoms with E-state index in [0.29, 0.717) is 18.5 Å². The van der Waals surface area contributed by atoms with Crippen molar-refractivity contribution in [3.8, 4) is 5.75 Å². The molecule has 0 saturated heterocycles. The Morgan fingerprint density at radius 1 is 1.53 bits per heavy atom. The van der Waals surface area contributed by atoms with E-state index in [1.807, 2.05) is 0 Å². The number of carbonyl (C=O) groups is 1.